The van der Waals surface area contributed by atoms with Gasteiger partial charge in [-0.1, -0.05) is 0 Å². The number of carbonyl (C=O) groups excluding carboxylic acids is 2. The van der Waals surface area contributed by atoms with Gasteiger partial charge in [0.2, 0.25) is 0 Å². The smallest absolute Gasteiger partial charge is 0.323 e. The number of hydrogen-bond acceptors (Lipinski definition) is 5. The maximum absolute atomic E-state index is 12.8. The van der Waals surface area contributed by atoms with Gasteiger partial charge < -0.3 is 24.9 Å². The lowest BCUT2D eigenvalue weighted by Gasteiger charge is -2.34. The second-order valence-corrected chi connectivity index (χ2v) is 6.44. The zero-order valence-electron chi connectivity index (χ0n) is 14.6. The topological polar surface area (TPSA) is 127 Å². The van der Waals surface area contributed by atoms with E-state index in [1.807, 2.05) is 0 Å². The van der Waals surface area contributed by atoms with Crippen molar-refractivity contribution >= 4 is 22.7 Å². The first-order chi connectivity index (χ1) is 12.9. The van der Waals surface area contributed by atoms with Crippen LogP contribution in [0.4, 0.5) is 0 Å². The summed E-state index contributed by atoms with van der Waals surface area (Å²) in [6.45, 7) is 1.45. The number of phenols is 1. The summed E-state index contributed by atoms with van der Waals surface area (Å²) in [7, 11) is 1.72. The van der Waals surface area contributed by atoms with Gasteiger partial charge in [0.25, 0.3) is 11.8 Å². The molecule has 10 heteroatoms. The Kier molecular flexibility index (Phi) is 3.94. The van der Waals surface area contributed by atoms with Crippen molar-refractivity contribution in [1.29, 1.82) is 0 Å². The minimum Gasteiger partial charge on any atom is -0.506 e. The van der Waals surface area contributed by atoms with Crippen LogP contribution in [0.3, 0.4) is 0 Å². The molecule has 4 rings (SSSR count). The first-order valence-corrected chi connectivity index (χ1v) is 8.45. The number of aryl methyl sites for hydroxylation is 1. The summed E-state index contributed by atoms with van der Waals surface area (Å²) >= 11 is 0. The average Bonchev–Trinajstić information content (AvgIpc) is 3.27. The summed E-state index contributed by atoms with van der Waals surface area (Å²) in [5.41, 5.74) is 0.717. The fourth-order valence-electron chi connectivity index (χ4n) is 3.34. The first-order valence-electron chi connectivity index (χ1n) is 8.45. The fraction of sp³-hybridized carbons (Fsp3) is 0.294. The van der Waals surface area contributed by atoms with Crippen molar-refractivity contribution in [3.8, 4) is 5.75 Å². The van der Waals surface area contributed by atoms with E-state index >= 15 is 0 Å². The highest BCUT2D eigenvalue weighted by Crippen LogP contribution is 2.26. The molecule has 1 aromatic carbocycles. The minimum atomic E-state index is -0.433. The molecule has 0 atom stereocenters. The van der Waals surface area contributed by atoms with Crippen molar-refractivity contribution in [1.82, 2.24) is 29.5 Å². The van der Waals surface area contributed by atoms with Crippen LogP contribution in [0.15, 0.2) is 29.3 Å². The van der Waals surface area contributed by atoms with Crippen molar-refractivity contribution in [2.45, 2.75) is 0 Å². The number of benzene rings is 1. The maximum atomic E-state index is 12.8. The first kappa shape index (κ1) is 16.9. The van der Waals surface area contributed by atoms with Gasteiger partial charge in [0.1, 0.15) is 17.0 Å². The molecule has 27 heavy (non-hydrogen) atoms. The Morgan fingerprint density at radius 2 is 1.78 bits per heavy atom. The molecule has 3 N–H and O–H groups in total. The van der Waals surface area contributed by atoms with Crippen molar-refractivity contribution in [2.24, 2.45) is 7.05 Å². The second-order valence-electron chi connectivity index (χ2n) is 6.44. The molecular weight excluding hydrogens is 352 g/mol. The number of H-pyrrole nitrogens is 2. The van der Waals surface area contributed by atoms with E-state index in [9.17, 15) is 19.5 Å². The van der Waals surface area contributed by atoms with Crippen LogP contribution in [-0.4, -0.2) is 72.6 Å². The Balaban J connectivity index is 1.47. The van der Waals surface area contributed by atoms with Gasteiger partial charge in [-0.25, -0.2) is 4.79 Å². The SMILES string of the molecule is Cn1ncc2cc(C(=O)N3CCN(C(=O)c4c[nH]c(=O)[nH]4)CC3)cc(O)c21. The summed E-state index contributed by atoms with van der Waals surface area (Å²) in [5, 5.41) is 15.0. The van der Waals surface area contributed by atoms with Gasteiger partial charge in [0, 0.05) is 50.4 Å². The number of hydrogen-bond donors (Lipinski definition) is 3. The zero-order valence-corrected chi connectivity index (χ0v) is 14.6. The molecule has 3 aromatic rings. The lowest BCUT2D eigenvalue weighted by Crippen LogP contribution is -2.50. The molecule has 1 saturated heterocycles. The van der Waals surface area contributed by atoms with Gasteiger partial charge in [-0.2, -0.15) is 5.10 Å². The van der Waals surface area contributed by atoms with E-state index in [4.69, 9.17) is 0 Å². The van der Waals surface area contributed by atoms with Crippen molar-refractivity contribution in [2.75, 3.05) is 26.2 Å². The Bertz CT molecular complexity index is 1090. The number of aromatic hydroxyl groups is 1. The standard InChI is InChI=1S/C17H18N6O4/c1-21-14-11(8-19-21)6-10(7-13(14)24)15(25)22-2-4-23(5-3-22)16(26)12-9-18-17(27)20-12/h6-9,24H,2-5H2,1H3,(H2,18,20,27). The van der Waals surface area contributed by atoms with E-state index in [0.29, 0.717) is 42.6 Å². The van der Waals surface area contributed by atoms with Crippen LogP contribution in [0.1, 0.15) is 20.8 Å². The largest absolute Gasteiger partial charge is 0.506 e. The molecule has 0 radical (unpaired) electrons. The monoisotopic (exact) mass is 370 g/mol. The Morgan fingerprint density at radius 1 is 1.11 bits per heavy atom. The Hall–Kier alpha value is -3.56. The number of aromatic nitrogens is 4. The number of imidazole rings is 1. The molecule has 0 aliphatic carbocycles. The molecule has 2 aromatic heterocycles. The number of nitrogens with one attached hydrogen (secondary N) is 2. The van der Waals surface area contributed by atoms with E-state index in [0.717, 1.165) is 0 Å². The van der Waals surface area contributed by atoms with Gasteiger partial charge in [-0.15, -0.1) is 0 Å². The summed E-state index contributed by atoms with van der Waals surface area (Å²) in [6.07, 6.45) is 2.94. The van der Waals surface area contributed by atoms with Crippen LogP contribution in [0.5, 0.6) is 5.75 Å². The number of nitrogens with zero attached hydrogens (tertiary/aromatic N) is 4. The quantitative estimate of drug-likeness (QED) is 0.580. The number of phenolic OH excluding ortho intramolecular Hbond substituents is 1. The molecule has 1 aliphatic heterocycles. The van der Waals surface area contributed by atoms with E-state index in [1.54, 1.807) is 33.8 Å². The summed E-state index contributed by atoms with van der Waals surface area (Å²) in [4.78, 5) is 44.3. The average molecular weight is 370 g/mol. The molecule has 0 spiro atoms. The highest BCUT2D eigenvalue weighted by atomic mass is 16.3. The summed E-state index contributed by atoms with van der Waals surface area (Å²) in [5.74, 6) is -0.492. The fourth-order valence-corrected chi connectivity index (χ4v) is 3.34. The molecule has 0 unspecified atom stereocenters. The number of rotatable bonds is 2. The third-order valence-electron chi connectivity index (χ3n) is 4.74. The van der Waals surface area contributed by atoms with Crippen LogP contribution in [-0.2, 0) is 7.05 Å². The third-order valence-corrected chi connectivity index (χ3v) is 4.74. The van der Waals surface area contributed by atoms with E-state index in [2.05, 4.69) is 15.1 Å². The number of amides is 2. The van der Waals surface area contributed by atoms with Crippen LogP contribution >= 0.6 is 0 Å². The minimum absolute atomic E-state index is 0.000996. The molecule has 0 bridgehead atoms. The molecule has 1 fully saturated rings. The molecule has 140 valence electrons. The van der Waals surface area contributed by atoms with E-state index in [1.165, 1.54) is 12.3 Å². The Morgan fingerprint density at radius 3 is 2.41 bits per heavy atom. The van der Waals surface area contributed by atoms with Gasteiger partial charge in [-0.05, 0) is 12.1 Å². The van der Waals surface area contributed by atoms with Crippen molar-refractivity contribution in [3.63, 3.8) is 0 Å². The molecule has 0 saturated carbocycles. The highest BCUT2D eigenvalue weighted by molar-refractivity contribution is 6.00. The molecule has 10 nitrogen and oxygen atoms in total. The number of carbonyl (C=O) groups is 2. The predicted octanol–water partition coefficient (Wildman–Crippen LogP) is -0.107. The molecule has 2 amide bonds. The number of aromatic amines is 2. The molecule has 1 aliphatic rings. The second kappa shape index (κ2) is 6.31. The van der Waals surface area contributed by atoms with Crippen LogP contribution in [0.25, 0.3) is 10.9 Å². The number of piperazine rings is 1. The highest BCUT2D eigenvalue weighted by Gasteiger charge is 2.27. The van der Waals surface area contributed by atoms with Gasteiger partial charge in [0.15, 0.2) is 0 Å². The van der Waals surface area contributed by atoms with Crippen LogP contribution in [0.2, 0.25) is 0 Å². The lowest BCUT2D eigenvalue weighted by molar-refractivity contribution is 0.0532. The van der Waals surface area contributed by atoms with Crippen molar-refractivity contribution in [3.05, 3.63) is 46.3 Å². The molecule has 3 heterocycles. The van der Waals surface area contributed by atoms with E-state index in [-0.39, 0.29) is 23.3 Å². The number of fused-ring (bicyclic) bond motifs is 1. The summed E-state index contributed by atoms with van der Waals surface area (Å²) in [6, 6.07) is 3.14. The van der Waals surface area contributed by atoms with E-state index < -0.39 is 5.69 Å². The van der Waals surface area contributed by atoms with Gasteiger partial charge >= 0.3 is 5.69 Å². The van der Waals surface area contributed by atoms with Crippen LogP contribution < -0.4 is 5.69 Å². The van der Waals surface area contributed by atoms with Gasteiger partial charge in [-0.3, -0.25) is 14.3 Å². The molecular formula is C17H18N6O4. The zero-order chi connectivity index (χ0) is 19.1. The predicted molar refractivity (Wildman–Crippen MR) is 95.6 cm³/mol. The Labute approximate surface area is 153 Å². The maximum Gasteiger partial charge on any atom is 0.323 e. The summed E-state index contributed by atoms with van der Waals surface area (Å²) < 4.78 is 1.55. The van der Waals surface area contributed by atoms with Gasteiger partial charge in [0.05, 0.1) is 6.20 Å². The normalized spacial score (nSPS) is 14.7. The van der Waals surface area contributed by atoms with Crippen molar-refractivity contribution < 1.29 is 14.7 Å². The third kappa shape index (κ3) is 2.94. The lowest BCUT2D eigenvalue weighted by atomic mass is 10.1. The van der Waals surface area contributed by atoms with Crippen LogP contribution in [0, 0.1) is 0 Å².